The van der Waals surface area contributed by atoms with Crippen molar-refractivity contribution in [2.75, 3.05) is 24.5 Å². The maximum absolute atomic E-state index is 15.0. The van der Waals surface area contributed by atoms with E-state index in [9.17, 15) is 4.79 Å². The van der Waals surface area contributed by atoms with Crippen molar-refractivity contribution in [3.63, 3.8) is 0 Å². The average Bonchev–Trinajstić information content (AvgIpc) is 3.09. The molecule has 30 heavy (non-hydrogen) atoms. The number of piperazine rings is 1. The van der Waals surface area contributed by atoms with Crippen molar-refractivity contribution in [1.29, 1.82) is 0 Å². The minimum Gasteiger partial charge on any atom is -0.367 e. The zero-order valence-electron chi connectivity index (χ0n) is 17.1. The summed E-state index contributed by atoms with van der Waals surface area (Å²) in [6.45, 7) is 8.21. The highest BCUT2D eigenvalue weighted by Crippen LogP contribution is 2.22. The molecule has 0 bridgehead atoms. The van der Waals surface area contributed by atoms with Gasteiger partial charge in [0.25, 0.3) is 0 Å². The molecular weight excluding hydrogens is 385 g/mol. The Morgan fingerprint density at radius 2 is 1.93 bits per heavy atom. The summed E-state index contributed by atoms with van der Waals surface area (Å²) in [4.78, 5) is 27.8. The van der Waals surface area contributed by atoms with Crippen LogP contribution < -0.4 is 15.9 Å². The Morgan fingerprint density at radius 1 is 1.10 bits per heavy atom. The van der Waals surface area contributed by atoms with E-state index in [1.165, 1.54) is 10.5 Å². The topological polar surface area (TPSA) is 79.8 Å². The van der Waals surface area contributed by atoms with Gasteiger partial charge in [0.1, 0.15) is 5.65 Å². The van der Waals surface area contributed by atoms with Gasteiger partial charge in [-0.1, -0.05) is 0 Å². The second-order valence-electron chi connectivity index (χ2n) is 7.90. The van der Waals surface area contributed by atoms with Gasteiger partial charge in [-0.2, -0.15) is 4.98 Å². The SMILES string of the molecule is Cc1cn2cc(-c3nc(=O)n4cc(N5CCNC(C)C5)cc(F)c4n3)cc(C)c2n1. The summed E-state index contributed by atoms with van der Waals surface area (Å²) in [7, 11) is 0. The predicted octanol–water partition coefficient (Wildman–Crippen LogP) is 1.96. The molecular formula is C21H22FN7O. The maximum Gasteiger partial charge on any atom is 0.355 e. The van der Waals surface area contributed by atoms with Crippen molar-refractivity contribution < 1.29 is 4.39 Å². The van der Waals surface area contributed by atoms with E-state index in [1.807, 2.05) is 36.7 Å². The molecule has 0 aromatic carbocycles. The molecule has 4 aromatic heterocycles. The van der Waals surface area contributed by atoms with Gasteiger partial charge >= 0.3 is 5.69 Å². The Morgan fingerprint density at radius 3 is 2.73 bits per heavy atom. The van der Waals surface area contributed by atoms with Gasteiger partial charge < -0.3 is 14.6 Å². The Hall–Kier alpha value is -3.33. The molecule has 0 amide bonds. The van der Waals surface area contributed by atoms with Crippen LogP contribution in [-0.2, 0) is 0 Å². The van der Waals surface area contributed by atoms with E-state index < -0.39 is 11.5 Å². The van der Waals surface area contributed by atoms with E-state index in [0.29, 0.717) is 11.3 Å². The van der Waals surface area contributed by atoms with E-state index in [0.717, 1.165) is 36.5 Å². The number of halogens is 1. The van der Waals surface area contributed by atoms with Crippen LogP contribution in [0.3, 0.4) is 0 Å². The molecule has 1 aliphatic heterocycles. The Balaban J connectivity index is 1.63. The normalized spacial score (nSPS) is 17.2. The molecule has 0 spiro atoms. The summed E-state index contributed by atoms with van der Waals surface area (Å²) in [6, 6.07) is 3.59. The van der Waals surface area contributed by atoms with E-state index in [1.54, 1.807) is 6.20 Å². The molecule has 154 valence electrons. The van der Waals surface area contributed by atoms with Crippen LogP contribution in [0.5, 0.6) is 0 Å². The summed E-state index contributed by atoms with van der Waals surface area (Å²) in [5, 5.41) is 3.35. The molecule has 1 atom stereocenters. The summed E-state index contributed by atoms with van der Waals surface area (Å²) < 4.78 is 18.1. The average molecular weight is 407 g/mol. The summed E-state index contributed by atoms with van der Waals surface area (Å²) >= 11 is 0. The lowest BCUT2D eigenvalue weighted by Gasteiger charge is -2.33. The highest BCUT2D eigenvalue weighted by atomic mass is 19.1. The van der Waals surface area contributed by atoms with Gasteiger partial charge in [-0.25, -0.2) is 23.6 Å². The number of hydrogen-bond acceptors (Lipinski definition) is 6. The third-order valence-corrected chi connectivity index (χ3v) is 5.44. The first kappa shape index (κ1) is 18.7. The third-order valence-electron chi connectivity index (χ3n) is 5.44. The lowest BCUT2D eigenvalue weighted by Crippen LogP contribution is -2.49. The van der Waals surface area contributed by atoms with Crippen molar-refractivity contribution >= 4 is 17.0 Å². The van der Waals surface area contributed by atoms with Crippen LogP contribution >= 0.6 is 0 Å². The molecule has 5 heterocycles. The molecule has 1 fully saturated rings. The molecule has 4 aromatic rings. The zero-order chi connectivity index (χ0) is 21.0. The molecule has 1 saturated heterocycles. The molecule has 5 rings (SSSR count). The Kier molecular flexibility index (Phi) is 4.28. The number of hydrogen-bond donors (Lipinski definition) is 1. The number of rotatable bonds is 2. The standard InChI is InChI=1S/C21H22FN7O/c1-12-6-15(10-28-9-14(3)24-19(12)28)18-25-20-17(22)7-16(11-29(20)21(30)26-18)27-5-4-23-13(2)8-27/h6-7,9-11,13,23H,4-5,8H2,1-3H3. The fraction of sp³-hybridized carbons (Fsp3) is 0.333. The first-order valence-electron chi connectivity index (χ1n) is 9.93. The Labute approximate surface area is 172 Å². The van der Waals surface area contributed by atoms with Crippen LogP contribution in [0.2, 0.25) is 0 Å². The van der Waals surface area contributed by atoms with Crippen molar-refractivity contribution in [2.45, 2.75) is 26.8 Å². The highest BCUT2D eigenvalue weighted by molar-refractivity contribution is 5.63. The largest absolute Gasteiger partial charge is 0.367 e. The lowest BCUT2D eigenvalue weighted by molar-refractivity contribution is 0.483. The summed E-state index contributed by atoms with van der Waals surface area (Å²) in [5.41, 5.74) is 3.34. The van der Waals surface area contributed by atoms with E-state index in [-0.39, 0.29) is 17.5 Å². The zero-order valence-corrected chi connectivity index (χ0v) is 17.1. The molecule has 0 radical (unpaired) electrons. The minimum absolute atomic E-state index is 0.0310. The van der Waals surface area contributed by atoms with Crippen LogP contribution in [0, 0.1) is 19.7 Å². The van der Waals surface area contributed by atoms with Gasteiger partial charge in [-0.15, -0.1) is 0 Å². The van der Waals surface area contributed by atoms with Crippen molar-refractivity contribution in [3.8, 4) is 11.4 Å². The van der Waals surface area contributed by atoms with E-state index in [4.69, 9.17) is 0 Å². The fourth-order valence-electron chi connectivity index (χ4n) is 4.05. The predicted molar refractivity (Wildman–Crippen MR) is 113 cm³/mol. The second kappa shape index (κ2) is 6.88. The maximum atomic E-state index is 15.0. The van der Waals surface area contributed by atoms with Gasteiger partial charge in [0.15, 0.2) is 17.3 Å². The molecule has 0 saturated carbocycles. The summed E-state index contributed by atoms with van der Waals surface area (Å²) in [5.74, 6) is -0.352. The number of pyridine rings is 2. The van der Waals surface area contributed by atoms with E-state index >= 15 is 4.39 Å². The number of imidazole rings is 1. The van der Waals surface area contributed by atoms with Crippen LogP contribution in [0.1, 0.15) is 18.2 Å². The third kappa shape index (κ3) is 3.11. The first-order chi connectivity index (χ1) is 14.4. The summed E-state index contributed by atoms with van der Waals surface area (Å²) in [6.07, 6.45) is 5.32. The molecule has 1 aliphatic rings. The number of aromatic nitrogens is 5. The van der Waals surface area contributed by atoms with Crippen LogP contribution in [0.15, 0.2) is 35.5 Å². The molecule has 0 aliphatic carbocycles. The fourth-order valence-corrected chi connectivity index (χ4v) is 4.05. The number of nitrogens with zero attached hydrogens (tertiary/aromatic N) is 6. The molecule has 1 unspecified atom stereocenters. The van der Waals surface area contributed by atoms with Crippen molar-refractivity contribution in [2.24, 2.45) is 0 Å². The smallest absolute Gasteiger partial charge is 0.355 e. The van der Waals surface area contributed by atoms with Gasteiger partial charge in [-0.05, 0) is 32.4 Å². The second-order valence-corrected chi connectivity index (χ2v) is 7.90. The minimum atomic E-state index is -0.557. The van der Waals surface area contributed by atoms with Crippen LogP contribution in [0.4, 0.5) is 10.1 Å². The van der Waals surface area contributed by atoms with Gasteiger partial charge in [0, 0.05) is 55.9 Å². The Bertz CT molecular complexity index is 1340. The highest BCUT2D eigenvalue weighted by Gasteiger charge is 2.19. The number of nitrogens with one attached hydrogen (secondary N) is 1. The lowest BCUT2D eigenvalue weighted by atomic mass is 10.2. The number of fused-ring (bicyclic) bond motifs is 2. The van der Waals surface area contributed by atoms with Gasteiger partial charge in [-0.3, -0.25) is 0 Å². The van der Waals surface area contributed by atoms with Crippen molar-refractivity contribution in [1.82, 2.24) is 29.1 Å². The van der Waals surface area contributed by atoms with Gasteiger partial charge in [0.2, 0.25) is 0 Å². The monoisotopic (exact) mass is 407 g/mol. The van der Waals surface area contributed by atoms with Crippen LogP contribution in [-0.4, -0.2) is 49.4 Å². The first-order valence-corrected chi connectivity index (χ1v) is 9.93. The number of anilines is 1. The molecule has 9 heteroatoms. The van der Waals surface area contributed by atoms with Crippen molar-refractivity contribution in [3.05, 3.63) is 58.3 Å². The number of aryl methyl sites for hydroxylation is 2. The van der Waals surface area contributed by atoms with Gasteiger partial charge in [0.05, 0.1) is 11.4 Å². The molecule has 8 nitrogen and oxygen atoms in total. The quantitative estimate of drug-likeness (QED) is 0.547. The van der Waals surface area contributed by atoms with Crippen LogP contribution in [0.25, 0.3) is 22.7 Å². The molecule has 1 N–H and O–H groups in total. The van der Waals surface area contributed by atoms with E-state index in [2.05, 4.69) is 32.1 Å².